The zero-order chi connectivity index (χ0) is 14.8. The second kappa shape index (κ2) is 5.90. The Morgan fingerprint density at radius 3 is 2.86 bits per heavy atom. The van der Waals surface area contributed by atoms with Crippen LogP contribution in [0.5, 0.6) is 0 Å². The van der Waals surface area contributed by atoms with E-state index < -0.39 is 0 Å². The zero-order valence-corrected chi connectivity index (χ0v) is 13.0. The minimum absolute atomic E-state index is 0.216. The van der Waals surface area contributed by atoms with E-state index in [4.69, 9.17) is 16.0 Å². The summed E-state index contributed by atoms with van der Waals surface area (Å²) in [6.07, 6.45) is 3.25. The van der Waals surface area contributed by atoms with Crippen LogP contribution in [0.25, 0.3) is 11.2 Å². The summed E-state index contributed by atoms with van der Waals surface area (Å²) in [5, 5.41) is 0. The Morgan fingerprint density at radius 2 is 2.14 bits per heavy atom. The van der Waals surface area contributed by atoms with Gasteiger partial charge in [-0.05, 0) is 38.1 Å². The van der Waals surface area contributed by atoms with Crippen LogP contribution < -0.4 is 0 Å². The molecule has 0 aromatic carbocycles. The van der Waals surface area contributed by atoms with Gasteiger partial charge in [-0.2, -0.15) is 0 Å². The van der Waals surface area contributed by atoms with Crippen LogP contribution in [-0.4, -0.2) is 20.4 Å². The van der Waals surface area contributed by atoms with Gasteiger partial charge in [-0.25, -0.2) is 9.97 Å². The number of imidazole rings is 1. The first-order chi connectivity index (χ1) is 10.2. The molecule has 0 bridgehead atoms. The fraction of sp³-hybridized carbons (Fsp3) is 0.375. The molecule has 110 valence electrons. The predicted molar refractivity (Wildman–Crippen MR) is 83.8 cm³/mol. The van der Waals surface area contributed by atoms with Gasteiger partial charge >= 0.3 is 0 Å². The molecule has 5 heteroatoms. The quantitative estimate of drug-likeness (QED) is 0.671. The van der Waals surface area contributed by atoms with Crippen molar-refractivity contribution in [1.82, 2.24) is 14.5 Å². The maximum absolute atomic E-state index is 5.92. The molecule has 3 rings (SSSR count). The molecule has 0 saturated carbocycles. The number of aromatic nitrogens is 3. The van der Waals surface area contributed by atoms with Gasteiger partial charge in [0.05, 0.1) is 6.26 Å². The standard InChI is InChI=1S/C16H18ClN3O/c1-11-5-6-14-16(18-11)20(15(19-14)7-8-17)12(2)10-13-4-3-9-21-13/h3-6,9,12H,7-8,10H2,1-2H3. The van der Waals surface area contributed by atoms with E-state index in [0.717, 1.165) is 41.3 Å². The molecule has 0 saturated heterocycles. The van der Waals surface area contributed by atoms with E-state index >= 15 is 0 Å². The van der Waals surface area contributed by atoms with Crippen LogP contribution in [0.2, 0.25) is 0 Å². The lowest BCUT2D eigenvalue weighted by Gasteiger charge is -2.16. The summed E-state index contributed by atoms with van der Waals surface area (Å²) in [5.74, 6) is 2.50. The number of furan rings is 1. The second-order valence-electron chi connectivity index (χ2n) is 5.26. The van der Waals surface area contributed by atoms with Crippen molar-refractivity contribution in [1.29, 1.82) is 0 Å². The molecule has 4 nitrogen and oxygen atoms in total. The first kappa shape index (κ1) is 14.1. The Morgan fingerprint density at radius 1 is 1.29 bits per heavy atom. The Labute approximate surface area is 128 Å². The number of alkyl halides is 1. The average molecular weight is 304 g/mol. The fourth-order valence-electron chi connectivity index (χ4n) is 2.65. The SMILES string of the molecule is Cc1ccc2nc(CCCl)n(C(C)Cc3ccco3)c2n1. The summed E-state index contributed by atoms with van der Waals surface area (Å²) in [6.45, 7) is 4.15. The van der Waals surface area contributed by atoms with Gasteiger partial charge in [-0.1, -0.05) is 0 Å². The van der Waals surface area contributed by atoms with E-state index in [0.29, 0.717) is 5.88 Å². The van der Waals surface area contributed by atoms with E-state index in [1.807, 2.05) is 31.2 Å². The summed E-state index contributed by atoms with van der Waals surface area (Å²) in [7, 11) is 0. The van der Waals surface area contributed by atoms with Crippen LogP contribution in [-0.2, 0) is 12.8 Å². The molecule has 0 aliphatic heterocycles. The van der Waals surface area contributed by atoms with Crippen LogP contribution in [0, 0.1) is 6.92 Å². The van der Waals surface area contributed by atoms with E-state index in [9.17, 15) is 0 Å². The number of nitrogens with zero attached hydrogens (tertiary/aromatic N) is 3. The summed E-state index contributed by atoms with van der Waals surface area (Å²) in [6, 6.07) is 8.13. The first-order valence-electron chi connectivity index (χ1n) is 7.12. The number of fused-ring (bicyclic) bond motifs is 1. The minimum Gasteiger partial charge on any atom is -0.469 e. The minimum atomic E-state index is 0.216. The van der Waals surface area contributed by atoms with Crippen molar-refractivity contribution < 1.29 is 4.42 Å². The largest absolute Gasteiger partial charge is 0.469 e. The summed E-state index contributed by atoms with van der Waals surface area (Å²) < 4.78 is 7.65. The van der Waals surface area contributed by atoms with E-state index in [-0.39, 0.29) is 6.04 Å². The molecule has 3 heterocycles. The molecular formula is C16H18ClN3O. The summed E-state index contributed by atoms with van der Waals surface area (Å²) in [4.78, 5) is 9.33. The smallest absolute Gasteiger partial charge is 0.160 e. The highest BCUT2D eigenvalue weighted by Crippen LogP contribution is 2.23. The number of hydrogen-bond acceptors (Lipinski definition) is 3. The summed E-state index contributed by atoms with van der Waals surface area (Å²) >= 11 is 5.92. The van der Waals surface area contributed by atoms with E-state index in [1.54, 1.807) is 6.26 Å². The molecule has 0 amide bonds. The Kier molecular flexibility index (Phi) is 3.97. The van der Waals surface area contributed by atoms with Crippen molar-refractivity contribution in [3.8, 4) is 0 Å². The Hall–Kier alpha value is -1.81. The predicted octanol–water partition coefficient (Wildman–Crippen LogP) is 3.92. The van der Waals surface area contributed by atoms with Gasteiger partial charge in [0.2, 0.25) is 0 Å². The van der Waals surface area contributed by atoms with Crippen molar-refractivity contribution in [2.24, 2.45) is 0 Å². The van der Waals surface area contributed by atoms with Crippen molar-refractivity contribution in [2.45, 2.75) is 32.7 Å². The topological polar surface area (TPSA) is 43.9 Å². The van der Waals surface area contributed by atoms with E-state index in [2.05, 4.69) is 21.5 Å². The number of aryl methyl sites for hydroxylation is 2. The maximum atomic E-state index is 5.92. The molecule has 3 aromatic rings. The third-order valence-corrected chi connectivity index (χ3v) is 3.77. The van der Waals surface area contributed by atoms with Gasteiger partial charge in [0.25, 0.3) is 0 Å². The summed E-state index contributed by atoms with van der Waals surface area (Å²) in [5.41, 5.74) is 2.84. The Bertz CT molecular complexity index is 733. The van der Waals surface area contributed by atoms with Crippen LogP contribution in [0.1, 0.15) is 30.2 Å². The third-order valence-electron chi connectivity index (χ3n) is 3.59. The highest BCUT2D eigenvalue weighted by atomic mass is 35.5. The van der Waals surface area contributed by atoms with Crippen molar-refractivity contribution in [2.75, 3.05) is 5.88 Å². The number of halogens is 1. The van der Waals surface area contributed by atoms with Crippen LogP contribution >= 0.6 is 11.6 Å². The molecule has 0 fully saturated rings. The second-order valence-corrected chi connectivity index (χ2v) is 5.64. The van der Waals surface area contributed by atoms with Crippen LogP contribution in [0.4, 0.5) is 0 Å². The highest BCUT2D eigenvalue weighted by Gasteiger charge is 2.18. The first-order valence-corrected chi connectivity index (χ1v) is 7.65. The highest BCUT2D eigenvalue weighted by molar-refractivity contribution is 6.17. The van der Waals surface area contributed by atoms with Crippen molar-refractivity contribution in [3.63, 3.8) is 0 Å². The monoisotopic (exact) mass is 303 g/mol. The molecule has 0 N–H and O–H groups in total. The number of pyridine rings is 1. The molecule has 0 aliphatic rings. The van der Waals surface area contributed by atoms with Gasteiger partial charge in [0, 0.05) is 30.5 Å². The third kappa shape index (κ3) is 2.81. The van der Waals surface area contributed by atoms with Gasteiger partial charge in [-0.3, -0.25) is 0 Å². The van der Waals surface area contributed by atoms with Crippen LogP contribution in [0.15, 0.2) is 34.9 Å². The number of hydrogen-bond donors (Lipinski definition) is 0. The molecule has 1 atom stereocenters. The molecule has 1 unspecified atom stereocenters. The van der Waals surface area contributed by atoms with Crippen LogP contribution in [0.3, 0.4) is 0 Å². The maximum Gasteiger partial charge on any atom is 0.160 e. The van der Waals surface area contributed by atoms with Crippen molar-refractivity contribution >= 4 is 22.8 Å². The zero-order valence-electron chi connectivity index (χ0n) is 12.2. The van der Waals surface area contributed by atoms with Gasteiger partial charge in [0.15, 0.2) is 5.65 Å². The lowest BCUT2D eigenvalue weighted by molar-refractivity contribution is 0.446. The molecule has 21 heavy (non-hydrogen) atoms. The van der Waals surface area contributed by atoms with Gasteiger partial charge in [-0.15, -0.1) is 11.6 Å². The molecule has 3 aromatic heterocycles. The normalized spacial score (nSPS) is 12.9. The van der Waals surface area contributed by atoms with E-state index in [1.165, 1.54) is 0 Å². The lowest BCUT2D eigenvalue weighted by Crippen LogP contribution is -2.13. The van der Waals surface area contributed by atoms with Gasteiger partial charge < -0.3 is 8.98 Å². The lowest BCUT2D eigenvalue weighted by atomic mass is 10.2. The molecular weight excluding hydrogens is 286 g/mol. The molecule has 0 spiro atoms. The Balaban J connectivity index is 2.05. The molecule has 0 aliphatic carbocycles. The van der Waals surface area contributed by atoms with Gasteiger partial charge in [0.1, 0.15) is 17.1 Å². The fourth-order valence-corrected chi connectivity index (χ4v) is 2.82. The van der Waals surface area contributed by atoms with Crippen molar-refractivity contribution in [3.05, 3.63) is 47.8 Å². The molecule has 0 radical (unpaired) electrons. The average Bonchev–Trinajstić information content (AvgIpc) is 3.06. The number of rotatable bonds is 5.